The van der Waals surface area contributed by atoms with Gasteiger partial charge in [0.15, 0.2) is 9.84 Å². The van der Waals surface area contributed by atoms with Gasteiger partial charge in [-0.2, -0.15) is 0 Å². The Balaban J connectivity index is 2.09. The summed E-state index contributed by atoms with van der Waals surface area (Å²) < 4.78 is 25.6. The normalized spacial score (nSPS) is 18.6. The Hall–Kier alpha value is -1.68. The summed E-state index contributed by atoms with van der Waals surface area (Å²) in [6.45, 7) is 1.99. The van der Waals surface area contributed by atoms with E-state index in [1.165, 1.54) is 0 Å². The van der Waals surface area contributed by atoms with E-state index < -0.39 is 15.1 Å². The molecule has 3 nitrogen and oxygen atoms in total. The van der Waals surface area contributed by atoms with Crippen molar-refractivity contribution in [3.05, 3.63) is 59.4 Å². The molecule has 0 spiro atoms. The number of rotatable bonds is 2. The number of aromatic nitrogens is 1. The highest BCUT2D eigenvalue weighted by Gasteiger charge is 2.33. The van der Waals surface area contributed by atoms with Gasteiger partial charge in [0, 0.05) is 6.20 Å². The van der Waals surface area contributed by atoms with E-state index >= 15 is 0 Å². The lowest BCUT2D eigenvalue weighted by molar-refractivity contribution is 0.555. The summed E-state index contributed by atoms with van der Waals surface area (Å²) in [6, 6.07) is 10.7. The predicted octanol–water partition coefficient (Wildman–Crippen LogP) is 3.24. The third-order valence-electron chi connectivity index (χ3n) is 3.80. The molecule has 1 aromatic heterocycles. The highest BCUT2D eigenvalue weighted by Crippen LogP contribution is 2.37. The minimum Gasteiger partial charge on any atom is -0.259 e. The van der Waals surface area contributed by atoms with Crippen molar-refractivity contribution >= 4 is 9.84 Å². The molecule has 2 aromatic rings. The summed E-state index contributed by atoms with van der Waals surface area (Å²) in [6.07, 6.45) is 4.23. The molecule has 0 fully saturated rings. The van der Waals surface area contributed by atoms with Crippen LogP contribution in [0.1, 0.15) is 34.9 Å². The number of pyridine rings is 1. The van der Waals surface area contributed by atoms with E-state index in [0.29, 0.717) is 11.3 Å². The fourth-order valence-corrected chi connectivity index (χ4v) is 4.67. The average Bonchev–Trinajstić information content (AvgIpc) is 2.47. The lowest BCUT2D eigenvalue weighted by atomic mass is 9.95. The lowest BCUT2D eigenvalue weighted by Crippen LogP contribution is -2.20. The van der Waals surface area contributed by atoms with Gasteiger partial charge in [-0.3, -0.25) is 4.98 Å². The quantitative estimate of drug-likeness (QED) is 0.852. The van der Waals surface area contributed by atoms with Gasteiger partial charge < -0.3 is 0 Å². The maximum absolute atomic E-state index is 12.8. The van der Waals surface area contributed by atoms with Gasteiger partial charge in [0.1, 0.15) is 5.25 Å². The first-order valence-electron chi connectivity index (χ1n) is 6.83. The lowest BCUT2D eigenvalue weighted by Gasteiger charge is -2.24. The molecule has 0 saturated heterocycles. The Kier molecular flexibility index (Phi) is 3.34. The van der Waals surface area contributed by atoms with Gasteiger partial charge in [0.05, 0.1) is 10.6 Å². The first-order chi connectivity index (χ1) is 9.59. The summed E-state index contributed by atoms with van der Waals surface area (Å²) in [5.41, 5.74) is 2.91. The van der Waals surface area contributed by atoms with Crippen LogP contribution in [0.3, 0.4) is 0 Å². The van der Waals surface area contributed by atoms with Gasteiger partial charge in [-0.15, -0.1) is 0 Å². The molecule has 0 radical (unpaired) electrons. The van der Waals surface area contributed by atoms with Crippen molar-refractivity contribution < 1.29 is 8.42 Å². The number of sulfone groups is 1. The molecule has 0 N–H and O–H groups in total. The van der Waals surface area contributed by atoms with Crippen LogP contribution in [0.5, 0.6) is 0 Å². The van der Waals surface area contributed by atoms with Gasteiger partial charge in [0.2, 0.25) is 0 Å². The van der Waals surface area contributed by atoms with E-state index in [-0.39, 0.29) is 0 Å². The number of nitrogens with zero attached hydrogens (tertiary/aromatic N) is 1. The Morgan fingerprint density at radius 1 is 1.20 bits per heavy atom. The fraction of sp³-hybridized carbons (Fsp3) is 0.312. The highest BCUT2D eigenvalue weighted by atomic mass is 32.2. The van der Waals surface area contributed by atoms with Crippen LogP contribution in [0.4, 0.5) is 0 Å². The van der Waals surface area contributed by atoms with Crippen molar-refractivity contribution in [1.29, 1.82) is 0 Å². The number of fused-ring (bicyclic) bond motifs is 1. The molecule has 1 atom stereocenters. The minimum absolute atomic E-state index is 0.389. The van der Waals surface area contributed by atoms with Gasteiger partial charge in [-0.25, -0.2) is 8.42 Å². The summed E-state index contributed by atoms with van der Waals surface area (Å²) >= 11 is 0. The molecule has 0 unspecified atom stereocenters. The average molecular weight is 287 g/mol. The van der Waals surface area contributed by atoms with E-state index in [2.05, 4.69) is 11.1 Å². The first-order valence-corrected chi connectivity index (χ1v) is 8.38. The molecule has 1 aliphatic rings. The maximum atomic E-state index is 12.8. The Bertz CT molecular complexity index is 723. The number of aryl methyl sites for hydroxylation is 2. The first kappa shape index (κ1) is 13.3. The van der Waals surface area contributed by atoms with Crippen molar-refractivity contribution in [3.63, 3.8) is 0 Å². The van der Waals surface area contributed by atoms with Gasteiger partial charge in [-0.1, -0.05) is 24.3 Å². The molecule has 1 aromatic carbocycles. The molecule has 4 heteroatoms. The SMILES string of the molecule is Cc1cnc2c(c1)CCC[C@H]2S(=O)(=O)c1ccccc1. The van der Waals surface area contributed by atoms with Crippen molar-refractivity contribution in [3.8, 4) is 0 Å². The van der Waals surface area contributed by atoms with Crippen molar-refractivity contribution in [2.24, 2.45) is 0 Å². The second-order valence-corrected chi connectivity index (χ2v) is 7.43. The summed E-state index contributed by atoms with van der Waals surface area (Å²) in [5.74, 6) is 0. The molecule has 0 amide bonds. The molecule has 0 saturated carbocycles. The Morgan fingerprint density at radius 2 is 1.95 bits per heavy atom. The van der Waals surface area contributed by atoms with E-state index in [1.54, 1.807) is 30.5 Å². The maximum Gasteiger partial charge on any atom is 0.186 e. The monoisotopic (exact) mass is 287 g/mol. The second kappa shape index (κ2) is 5.02. The zero-order valence-corrected chi connectivity index (χ0v) is 12.2. The number of benzene rings is 1. The van der Waals surface area contributed by atoms with E-state index in [4.69, 9.17) is 0 Å². The molecule has 0 bridgehead atoms. The minimum atomic E-state index is -3.35. The zero-order valence-electron chi connectivity index (χ0n) is 11.4. The molecule has 1 heterocycles. The standard InChI is InChI=1S/C16H17NO2S/c1-12-10-13-6-5-9-15(16(13)17-11-12)20(18,19)14-7-3-2-4-8-14/h2-4,7-8,10-11,15H,5-6,9H2,1H3/t15-/m1/s1. The Labute approximate surface area is 119 Å². The van der Waals surface area contributed by atoms with Gasteiger partial charge in [-0.05, 0) is 49.4 Å². The smallest absolute Gasteiger partial charge is 0.186 e. The zero-order chi connectivity index (χ0) is 14.2. The summed E-state index contributed by atoms with van der Waals surface area (Å²) in [4.78, 5) is 4.80. The molecular weight excluding hydrogens is 270 g/mol. The Morgan fingerprint density at radius 3 is 2.70 bits per heavy atom. The van der Waals surface area contributed by atoms with E-state index in [0.717, 1.165) is 29.7 Å². The second-order valence-electron chi connectivity index (χ2n) is 5.30. The van der Waals surface area contributed by atoms with E-state index in [9.17, 15) is 8.42 Å². The van der Waals surface area contributed by atoms with Crippen LogP contribution in [0.25, 0.3) is 0 Å². The molecule has 0 aliphatic heterocycles. The summed E-state index contributed by atoms with van der Waals surface area (Å²) in [5, 5.41) is -0.505. The third kappa shape index (κ3) is 2.24. The molecular formula is C16H17NO2S. The predicted molar refractivity (Wildman–Crippen MR) is 78.3 cm³/mol. The highest BCUT2D eigenvalue weighted by molar-refractivity contribution is 7.91. The molecule has 1 aliphatic carbocycles. The molecule has 20 heavy (non-hydrogen) atoms. The molecule has 104 valence electrons. The summed E-state index contributed by atoms with van der Waals surface area (Å²) in [7, 11) is -3.35. The molecule has 3 rings (SSSR count). The van der Waals surface area contributed by atoms with Gasteiger partial charge in [0.25, 0.3) is 0 Å². The third-order valence-corrected chi connectivity index (χ3v) is 5.94. The van der Waals surface area contributed by atoms with E-state index in [1.807, 2.05) is 13.0 Å². The van der Waals surface area contributed by atoms with Crippen LogP contribution in [0.2, 0.25) is 0 Å². The van der Waals surface area contributed by atoms with Crippen molar-refractivity contribution in [2.75, 3.05) is 0 Å². The van der Waals surface area contributed by atoms with Crippen LogP contribution in [-0.4, -0.2) is 13.4 Å². The number of hydrogen-bond acceptors (Lipinski definition) is 3. The topological polar surface area (TPSA) is 47.0 Å². The van der Waals surface area contributed by atoms with Gasteiger partial charge >= 0.3 is 0 Å². The van der Waals surface area contributed by atoms with Crippen LogP contribution in [0, 0.1) is 6.92 Å². The van der Waals surface area contributed by atoms with Crippen LogP contribution >= 0.6 is 0 Å². The van der Waals surface area contributed by atoms with Crippen molar-refractivity contribution in [1.82, 2.24) is 4.98 Å². The largest absolute Gasteiger partial charge is 0.259 e. The number of hydrogen-bond donors (Lipinski definition) is 0. The van der Waals surface area contributed by atoms with Crippen LogP contribution in [-0.2, 0) is 16.3 Å². The van der Waals surface area contributed by atoms with Crippen molar-refractivity contribution in [2.45, 2.75) is 36.3 Å². The van der Waals surface area contributed by atoms with Crippen LogP contribution < -0.4 is 0 Å². The fourth-order valence-electron chi connectivity index (χ4n) is 2.82. The van der Waals surface area contributed by atoms with Crippen LogP contribution in [0.15, 0.2) is 47.5 Å².